The molecule has 0 spiro atoms. The van der Waals surface area contributed by atoms with Crippen LogP contribution in [0.15, 0.2) is 66.7 Å². The molecule has 3 aromatic carbocycles. The first kappa shape index (κ1) is 24.1. The number of aromatic nitrogens is 2. The van der Waals surface area contributed by atoms with Crippen LogP contribution in [-0.4, -0.2) is 39.9 Å². The number of ether oxygens (including phenoxy) is 1. The van der Waals surface area contributed by atoms with Gasteiger partial charge in [-0.05, 0) is 55.7 Å². The van der Waals surface area contributed by atoms with Crippen molar-refractivity contribution in [2.45, 2.75) is 38.1 Å². The van der Waals surface area contributed by atoms with E-state index in [0.29, 0.717) is 22.5 Å². The van der Waals surface area contributed by atoms with Crippen molar-refractivity contribution < 1.29 is 19.4 Å². The second kappa shape index (κ2) is 9.78. The van der Waals surface area contributed by atoms with Crippen molar-refractivity contribution in [3.05, 3.63) is 89.2 Å². The number of rotatable bonds is 5. The molecule has 2 unspecified atom stereocenters. The van der Waals surface area contributed by atoms with Crippen molar-refractivity contribution >= 4 is 28.8 Å². The van der Waals surface area contributed by atoms with Gasteiger partial charge in [0.25, 0.3) is 0 Å². The lowest BCUT2D eigenvalue weighted by Gasteiger charge is -2.34. The fraction of sp³-hybridized carbons (Fsp3) is 0.241. The summed E-state index contributed by atoms with van der Waals surface area (Å²) in [4.78, 5) is 31.6. The Bertz CT molecular complexity index is 1540. The molecule has 0 aliphatic carbocycles. The van der Waals surface area contributed by atoms with Crippen molar-refractivity contribution in [1.29, 1.82) is 5.26 Å². The van der Waals surface area contributed by atoms with E-state index in [1.165, 1.54) is 7.11 Å². The number of carboxylic acids is 1. The fourth-order valence-corrected chi connectivity index (χ4v) is 5.16. The van der Waals surface area contributed by atoms with Gasteiger partial charge in [-0.25, -0.2) is 9.78 Å². The lowest BCUT2D eigenvalue weighted by Crippen LogP contribution is -2.42. The van der Waals surface area contributed by atoms with Crippen LogP contribution in [0.1, 0.15) is 41.8 Å². The monoisotopic (exact) mass is 494 g/mol. The number of carbonyl (C=O) groups is 2. The van der Waals surface area contributed by atoms with E-state index in [-0.39, 0.29) is 12.5 Å². The summed E-state index contributed by atoms with van der Waals surface area (Å²) in [6.45, 7) is 1.98. The molecular formula is C29H26N4O4. The molecule has 0 fully saturated rings. The van der Waals surface area contributed by atoms with Gasteiger partial charge in [0, 0.05) is 23.7 Å². The molecule has 0 saturated carbocycles. The molecule has 0 saturated heterocycles. The van der Waals surface area contributed by atoms with Crippen LogP contribution in [0.3, 0.4) is 0 Å². The molecule has 2 heterocycles. The maximum Gasteiger partial charge on any atom is 0.414 e. The normalized spacial score (nSPS) is 15.6. The molecule has 8 nitrogen and oxygen atoms in total. The van der Waals surface area contributed by atoms with E-state index in [4.69, 9.17) is 9.72 Å². The van der Waals surface area contributed by atoms with E-state index >= 15 is 0 Å². The smallest absolute Gasteiger partial charge is 0.414 e. The maximum atomic E-state index is 12.6. The third kappa shape index (κ3) is 4.29. The molecule has 0 radical (unpaired) electrons. The maximum absolute atomic E-state index is 12.6. The number of nitriles is 1. The summed E-state index contributed by atoms with van der Waals surface area (Å²) < 4.78 is 6.97. The van der Waals surface area contributed by atoms with Crippen LogP contribution in [0.4, 0.5) is 10.5 Å². The standard InChI is InChI=1S/C29H26N4O4/c1-18-11-12-22-24(32(18)29(36)37-2)13-14-25-27(22)31-26(33(25)21-10-6-7-19(15-21)17-30)16-23(28(34)35)20-8-4-3-5-9-20/h3-10,13-15,18,23H,11-12,16H2,1-2H3,(H,34,35). The number of aliphatic carboxylic acids is 1. The number of carbonyl (C=O) groups excluding carboxylic acids is 1. The van der Waals surface area contributed by atoms with Gasteiger partial charge < -0.3 is 9.84 Å². The highest BCUT2D eigenvalue weighted by Crippen LogP contribution is 2.38. The van der Waals surface area contributed by atoms with Gasteiger partial charge in [-0.3, -0.25) is 14.3 Å². The van der Waals surface area contributed by atoms with Gasteiger partial charge in [-0.1, -0.05) is 36.4 Å². The number of fused-ring (bicyclic) bond motifs is 3. The van der Waals surface area contributed by atoms with E-state index in [9.17, 15) is 20.0 Å². The number of hydrogen-bond donors (Lipinski definition) is 1. The summed E-state index contributed by atoms with van der Waals surface area (Å²) in [5, 5.41) is 19.6. The molecule has 5 rings (SSSR count). The van der Waals surface area contributed by atoms with E-state index in [2.05, 4.69) is 6.07 Å². The van der Waals surface area contributed by atoms with E-state index in [0.717, 1.165) is 35.3 Å². The van der Waals surface area contributed by atoms with Gasteiger partial charge in [0.2, 0.25) is 0 Å². The van der Waals surface area contributed by atoms with Crippen molar-refractivity contribution in [2.24, 2.45) is 0 Å². The lowest BCUT2D eigenvalue weighted by atomic mass is 9.95. The Morgan fingerprint density at radius 2 is 1.95 bits per heavy atom. The zero-order chi connectivity index (χ0) is 26.1. The Morgan fingerprint density at radius 1 is 1.16 bits per heavy atom. The second-order valence-electron chi connectivity index (χ2n) is 9.19. The highest BCUT2D eigenvalue weighted by atomic mass is 16.5. The minimum absolute atomic E-state index is 0.0271. The largest absolute Gasteiger partial charge is 0.481 e. The molecule has 8 heteroatoms. The predicted molar refractivity (Wildman–Crippen MR) is 139 cm³/mol. The van der Waals surface area contributed by atoms with Crippen molar-refractivity contribution in [3.63, 3.8) is 0 Å². The molecule has 1 amide bonds. The quantitative estimate of drug-likeness (QED) is 0.408. The average molecular weight is 495 g/mol. The molecule has 37 heavy (non-hydrogen) atoms. The molecular weight excluding hydrogens is 468 g/mol. The number of carboxylic acid groups (broad SMARTS) is 1. The Morgan fingerprint density at radius 3 is 2.65 bits per heavy atom. The highest BCUT2D eigenvalue weighted by Gasteiger charge is 2.32. The molecule has 4 aromatic rings. The van der Waals surface area contributed by atoms with Crippen LogP contribution in [0.25, 0.3) is 16.7 Å². The fourth-order valence-electron chi connectivity index (χ4n) is 5.16. The number of hydrogen-bond acceptors (Lipinski definition) is 5. The minimum Gasteiger partial charge on any atom is -0.481 e. The van der Waals surface area contributed by atoms with Gasteiger partial charge in [0.15, 0.2) is 0 Å². The Balaban J connectivity index is 1.73. The number of anilines is 1. The summed E-state index contributed by atoms with van der Waals surface area (Å²) in [5.74, 6) is -1.18. The van der Waals surface area contributed by atoms with Gasteiger partial charge in [0.1, 0.15) is 5.82 Å². The SMILES string of the molecule is COC(=O)N1c2ccc3c(nc(CC(C(=O)O)c4ccccc4)n3-c3cccc(C#N)c3)c2CCC1C. The first-order valence-electron chi connectivity index (χ1n) is 12.1. The van der Waals surface area contributed by atoms with Crippen LogP contribution >= 0.6 is 0 Å². The molecule has 1 N–H and O–H groups in total. The summed E-state index contributed by atoms with van der Waals surface area (Å²) in [6, 6.07) is 22.2. The third-order valence-electron chi connectivity index (χ3n) is 6.98. The third-order valence-corrected chi connectivity index (χ3v) is 6.98. The average Bonchev–Trinajstić information content (AvgIpc) is 3.30. The van der Waals surface area contributed by atoms with Crippen LogP contribution in [-0.2, 0) is 22.4 Å². The predicted octanol–water partition coefficient (Wildman–Crippen LogP) is 5.22. The van der Waals surface area contributed by atoms with Gasteiger partial charge in [-0.2, -0.15) is 5.26 Å². The van der Waals surface area contributed by atoms with Gasteiger partial charge in [0.05, 0.1) is 41.4 Å². The molecule has 1 aromatic heterocycles. The summed E-state index contributed by atoms with van der Waals surface area (Å²) in [7, 11) is 1.37. The molecule has 0 bridgehead atoms. The highest BCUT2D eigenvalue weighted by molar-refractivity contribution is 5.96. The Kier molecular flexibility index (Phi) is 6.36. The molecule has 2 atom stereocenters. The van der Waals surface area contributed by atoms with Crippen molar-refractivity contribution in [3.8, 4) is 11.8 Å². The first-order chi connectivity index (χ1) is 17.9. The molecule has 1 aliphatic rings. The number of methoxy groups -OCH3 is 1. The minimum atomic E-state index is -0.941. The van der Waals surface area contributed by atoms with E-state index in [1.807, 2.05) is 47.9 Å². The van der Waals surface area contributed by atoms with Crippen LogP contribution < -0.4 is 4.90 Å². The molecule has 186 valence electrons. The molecule has 1 aliphatic heterocycles. The summed E-state index contributed by atoms with van der Waals surface area (Å²) in [6.07, 6.45) is 1.19. The van der Waals surface area contributed by atoms with E-state index < -0.39 is 18.0 Å². The van der Waals surface area contributed by atoms with Gasteiger partial charge >= 0.3 is 12.1 Å². The first-order valence-corrected chi connectivity index (χ1v) is 12.1. The number of benzene rings is 3. The zero-order valence-corrected chi connectivity index (χ0v) is 20.6. The topological polar surface area (TPSA) is 108 Å². The lowest BCUT2D eigenvalue weighted by molar-refractivity contribution is -0.138. The second-order valence-corrected chi connectivity index (χ2v) is 9.19. The van der Waals surface area contributed by atoms with E-state index in [1.54, 1.807) is 35.2 Å². The summed E-state index contributed by atoms with van der Waals surface area (Å²) >= 11 is 0. The number of amides is 1. The number of nitrogens with zero attached hydrogens (tertiary/aromatic N) is 4. The summed E-state index contributed by atoms with van der Waals surface area (Å²) in [5.41, 5.74) is 5.08. The van der Waals surface area contributed by atoms with Crippen LogP contribution in [0, 0.1) is 11.3 Å². The Labute approximate surface area is 214 Å². The van der Waals surface area contributed by atoms with Gasteiger partial charge in [-0.15, -0.1) is 0 Å². The number of imidazole rings is 1. The van der Waals surface area contributed by atoms with Crippen LogP contribution in [0.2, 0.25) is 0 Å². The number of aryl methyl sites for hydroxylation is 1. The van der Waals surface area contributed by atoms with Crippen molar-refractivity contribution in [1.82, 2.24) is 9.55 Å². The van der Waals surface area contributed by atoms with Crippen molar-refractivity contribution in [2.75, 3.05) is 12.0 Å². The van der Waals surface area contributed by atoms with Crippen LogP contribution in [0.5, 0.6) is 0 Å². The Hall–Kier alpha value is -4.64. The zero-order valence-electron chi connectivity index (χ0n) is 20.6.